The van der Waals surface area contributed by atoms with Crippen LogP contribution in [0.1, 0.15) is 0 Å². The molecule has 0 aromatic carbocycles. The van der Waals surface area contributed by atoms with E-state index >= 15 is 0 Å². The van der Waals surface area contributed by atoms with E-state index in [9.17, 15) is 9.59 Å². The molecule has 0 atom stereocenters. The molecular weight excluding hydrogens is 188 g/mol. The lowest BCUT2D eigenvalue weighted by molar-refractivity contribution is -0.106. The molecule has 7 nitrogen and oxygen atoms in total. The highest BCUT2D eigenvalue weighted by Gasteiger charge is 2.00. The highest BCUT2D eigenvalue weighted by molar-refractivity contribution is 6.55. The highest BCUT2D eigenvalue weighted by atomic mass is 16.7. The summed E-state index contributed by atoms with van der Waals surface area (Å²) < 4.78 is 0. The zero-order valence-electron chi connectivity index (χ0n) is 6.95. The van der Waals surface area contributed by atoms with Crippen LogP contribution in [0.3, 0.4) is 0 Å². The largest absolute Gasteiger partial charge is 0.373 e. The number of nitrogens with one attached hydrogen (secondary N) is 1. The maximum absolute atomic E-state index is 10.2. The number of allylic oxidation sites excluding steroid dienone is 1. The van der Waals surface area contributed by atoms with Crippen molar-refractivity contribution in [2.45, 2.75) is 0 Å². The Labute approximate surface area is 78.8 Å². The van der Waals surface area contributed by atoms with E-state index < -0.39 is 6.03 Å². The van der Waals surface area contributed by atoms with Crippen molar-refractivity contribution in [1.82, 2.24) is 5.59 Å². The average Bonchev–Trinajstić information content (AvgIpc) is 2.26. The van der Waals surface area contributed by atoms with Crippen molar-refractivity contribution < 1.29 is 14.4 Å². The average molecular weight is 194 g/mol. The standard InChI is InChI=1S/C4H2N2O2.C3H4N2O/c7-3-1-5-4(8)6-2-3;1-2-4-5-6-3-1/h1-2H;1-3,5H. The fourth-order valence-electron chi connectivity index (χ4n) is 0.513. The van der Waals surface area contributed by atoms with Gasteiger partial charge in [-0.3, -0.25) is 4.79 Å². The van der Waals surface area contributed by atoms with Gasteiger partial charge in [-0.1, -0.05) is 0 Å². The summed E-state index contributed by atoms with van der Waals surface area (Å²) in [6.45, 7) is 0. The molecule has 0 aromatic rings. The predicted octanol–water partition coefficient (Wildman–Crippen LogP) is -0.149. The Bertz CT molecular complexity index is 293. The molecule has 1 N–H and O–H groups in total. The molecule has 0 spiro atoms. The quantitative estimate of drug-likeness (QED) is 0.580. The molecule has 2 aliphatic heterocycles. The highest BCUT2D eigenvalue weighted by Crippen LogP contribution is 1.83. The van der Waals surface area contributed by atoms with Crippen molar-refractivity contribution in [2.75, 3.05) is 0 Å². The number of rotatable bonds is 0. The van der Waals surface area contributed by atoms with Crippen molar-refractivity contribution in [3.8, 4) is 0 Å². The summed E-state index contributed by atoms with van der Waals surface area (Å²) in [5.41, 5.74) is 2.27. The van der Waals surface area contributed by atoms with Crippen molar-refractivity contribution >= 4 is 30.5 Å². The number of amides is 2. The molecule has 0 saturated carbocycles. The number of nitrogens with zero attached hydrogens (tertiary/aromatic N) is 3. The fourth-order valence-corrected chi connectivity index (χ4v) is 0.513. The van der Waals surface area contributed by atoms with Crippen LogP contribution < -0.4 is 5.59 Å². The van der Waals surface area contributed by atoms with Crippen LogP contribution in [0.25, 0.3) is 0 Å². The lowest BCUT2D eigenvalue weighted by Gasteiger charge is -1.96. The zero-order valence-corrected chi connectivity index (χ0v) is 6.95. The summed E-state index contributed by atoms with van der Waals surface area (Å²) in [7, 11) is 0. The van der Waals surface area contributed by atoms with Crippen LogP contribution in [0.15, 0.2) is 27.4 Å². The van der Waals surface area contributed by atoms with E-state index in [1.54, 1.807) is 12.3 Å². The van der Waals surface area contributed by atoms with Gasteiger partial charge in [0.15, 0.2) is 0 Å². The molecule has 2 heterocycles. The lowest BCUT2D eigenvalue weighted by Crippen LogP contribution is -2.07. The maximum Gasteiger partial charge on any atom is 0.367 e. The molecule has 2 amide bonds. The lowest BCUT2D eigenvalue weighted by atomic mass is 10.4. The third kappa shape index (κ3) is 3.90. The Hall–Kier alpha value is -2.31. The molecule has 0 bridgehead atoms. The van der Waals surface area contributed by atoms with Gasteiger partial charge in [0, 0.05) is 0 Å². The van der Waals surface area contributed by atoms with Crippen molar-refractivity contribution in [3.05, 3.63) is 12.3 Å². The smallest absolute Gasteiger partial charge is 0.367 e. The monoisotopic (exact) mass is 194 g/mol. The molecule has 0 unspecified atom stereocenters. The molecule has 0 radical (unpaired) electrons. The SMILES string of the molecule is C1=CONN=C1.O=C1C=NC(=O)N=C1. The molecular formula is C7H6N4O3. The Morgan fingerprint density at radius 1 is 1.21 bits per heavy atom. The van der Waals surface area contributed by atoms with Gasteiger partial charge in [-0.25, -0.2) is 4.79 Å². The van der Waals surface area contributed by atoms with Gasteiger partial charge in [0.2, 0.25) is 5.78 Å². The first kappa shape index (κ1) is 9.78. The van der Waals surface area contributed by atoms with E-state index in [1.165, 1.54) is 6.26 Å². The Morgan fingerprint density at radius 3 is 2.21 bits per heavy atom. The molecule has 72 valence electrons. The molecule has 7 heteroatoms. The summed E-state index contributed by atoms with van der Waals surface area (Å²) in [5, 5.41) is 3.49. The second kappa shape index (κ2) is 5.36. The number of carbonyl (C=O) groups is 2. The number of hydrazone groups is 1. The van der Waals surface area contributed by atoms with Crippen LogP contribution in [0.2, 0.25) is 0 Å². The minimum atomic E-state index is -0.621. The number of ketones is 1. The molecule has 0 aromatic heterocycles. The number of urea groups is 1. The van der Waals surface area contributed by atoms with Gasteiger partial charge in [0.1, 0.15) is 6.26 Å². The van der Waals surface area contributed by atoms with Gasteiger partial charge >= 0.3 is 6.03 Å². The Balaban J connectivity index is 0.000000146. The van der Waals surface area contributed by atoms with Crippen LogP contribution in [-0.4, -0.2) is 30.5 Å². The molecule has 2 rings (SSSR count). The second-order valence-electron chi connectivity index (χ2n) is 2.02. The van der Waals surface area contributed by atoms with Gasteiger partial charge in [0.25, 0.3) is 0 Å². The van der Waals surface area contributed by atoms with Gasteiger partial charge in [-0.15, -0.1) is 5.59 Å². The Kier molecular flexibility index (Phi) is 3.74. The van der Waals surface area contributed by atoms with Crippen LogP contribution in [-0.2, 0) is 9.63 Å². The van der Waals surface area contributed by atoms with Crippen LogP contribution >= 0.6 is 0 Å². The maximum atomic E-state index is 10.2. The molecule has 0 aliphatic carbocycles. The normalized spacial score (nSPS) is 16.9. The first-order chi connectivity index (χ1) is 6.79. The van der Waals surface area contributed by atoms with Gasteiger partial charge < -0.3 is 4.84 Å². The number of aliphatic imine (C=N–C) groups is 2. The third-order valence-corrected chi connectivity index (χ3v) is 1.02. The third-order valence-electron chi connectivity index (χ3n) is 1.02. The topological polar surface area (TPSA) is 92.5 Å². The summed E-state index contributed by atoms with van der Waals surface area (Å²) in [4.78, 5) is 30.9. The van der Waals surface area contributed by atoms with Crippen molar-refractivity contribution in [1.29, 1.82) is 0 Å². The minimum absolute atomic E-state index is 0.343. The van der Waals surface area contributed by atoms with Crippen molar-refractivity contribution in [3.63, 3.8) is 0 Å². The molecule has 2 aliphatic rings. The van der Waals surface area contributed by atoms with Crippen LogP contribution in [0.5, 0.6) is 0 Å². The summed E-state index contributed by atoms with van der Waals surface area (Å²) in [5.74, 6) is -0.343. The summed E-state index contributed by atoms with van der Waals surface area (Å²) in [6.07, 6.45) is 6.68. The van der Waals surface area contributed by atoms with E-state index in [-0.39, 0.29) is 5.78 Å². The van der Waals surface area contributed by atoms with Gasteiger partial charge in [-0.2, -0.15) is 15.1 Å². The fraction of sp³-hybridized carbons (Fsp3) is 0. The first-order valence-electron chi connectivity index (χ1n) is 3.54. The number of hydrogen-bond donors (Lipinski definition) is 1. The van der Waals surface area contributed by atoms with E-state index in [2.05, 4.69) is 25.5 Å². The second-order valence-corrected chi connectivity index (χ2v) is 2.02. The predicted molar refractivity (Wildman–Crippen MR) is 49.2 cm³/mol. The molecule has 0 saturated heterocycles. The number of Topliss-reactive ketones (excluding diaryl/α,β-unsaturated/α-hetero) is 1. The molecule has 14 heavy (non-hydrogen) atoms. The number of hydrogen-bond acceptors (Lipinski definition) is 5. The van der Waals surface area contributed by atoms with E-state index in [0.29, 0.717) is 0 Å². The van der Waals surface area contributed by atoms with Crippen LogP contribution in [0, 0.1) is 0 Å². The Morgan fingerprint density at radius 2 is 1.93 bits per heavy atom. The van der Waals surface area contributed by atoms with Gasteiger partial charge in [0.05, 0.1) is 18.6 Å². The number of carbonyl (C=O) groups excluding carboxylic acids is 2. The van der Waals surface area contributed by atoms with E-state index in [1.807, 2.05) is 0 Å². The summed E-state index contributed by atoms with van der Waals surface area (Å²) >= 11 is 0. The summed E-state index contributed by atoms with van der Waals surface area (Å²) in [6, 6.07) is -0.621. The van der Waals surface area contributed by atoms with Crippen molar-refractivity contribution in [2.24, 2.45) is 15.1 Å². The van der Waals surface area contributed by atoms with E-state index in [4.69, 9.17) is 0 Å². The molecule has 0 fully saturated rings. The van der Waals surface area contributed by atoms with Gasteiger partial charge in [-0.05, 0) is 6.08 Å². The first-order valence-corrected chi connectivity index (χ1v) is 3.54. The van der Waals surface area contributed by atoms with E-state index in [0.717, 1.165) is 12.4 Å². The minimum Gasteiger partial charge on any atom is -0.373 e. The van der Waals surface area contributed by atoms with Crippen LogP contribution in [0.4, 0.5) is 4.79 Å². The zero-order chi connectivity index (χ0) is 10.2.